The van der Waals surface area contributed by atoms with Gasteiger partial charge in [0, 0.05) is 24.2 Å². The molecule has 6 N–H and O–H groups in total. The third kappa shape index (κ3) is 8.53. The maximum atomic E-state index is 11.0. The van der Waals surface area contributed by atoms with E-state index in [-0.39, 0.29) is 26.3 Å². The van der Waals surface area contributed by atoms with Gasteiger partial charge in [-0.05, 0) is 13.0 Å². The van der Waals surface area contributed by atoms with Crippen LogP contribution in [-0.4, -0.2) is 117 Å². The maximum Gasteiger partial charge on any atom is 0.184 e. The van der Waals surface area contributed by atoms with Crippen molar-refractivity contribution in [2.24, 2.45) is 0 Å². The van der Waals surface area contributed by atoms with Gasteiger partial charge in [0.25, 0.3) is 0 Å². The maximum absolute atomic E-state index is 11.0. The second kappa shape index (κ2) is 15.5. The number of ether oxygens (including phenoxy) is 4. The van der Waals surface area contributed by atoms with Gasteiger partial charge in [-0.15, -0.1) is 0 Å². The van der Waals surface area contributed by atoms with E-state index in [4.69, 9.17) is 18.9 Å². The van der Waals surface area contributed by atoms with E-state index < -0.39 is 61.4 Å². The van der Waals surface area contributed by atoms with Crippen molar-refractivity contribution in [2.45, 2.75) is 81.2 Å². The minimum absolute atomic E-state index is 0.0573. The summed E-state index contributed by atoms with van der Waals surface area (Å²) in [5.74, 6) is 0. The number of unbranched alkanes of at least 4 members (excludes halogenated alkanes) is 1. The number of nitrogens with zero attached hydrogens (tertiary/aromatic N) is 1. The van der Waals surface area contributed by atoms with E-state index in [1.54, 1.807) is 4.90 Å². The zero-order valence-corrected chi connectivity index (χ0v) is 23.3. The second-order valence-electron chi connectivity index (χ2n) is 10.7. The average Bonchev–Trinajstić information content (AvgIpc) is 3.00. The number of benzene rings is 2. The first-order chi connectivity index (χ1) is 19.8. The summed E-state index contributed by atoms with van der Waals surface area (Å²) in [5, 5.41) is 64.8. The van der Waals surface area contributed by atoms with Crippen molar-refractivity contribution in [1.29, 1.82) is 0 Å². The van der Waals surface area contributed by atoms with Gasteiger partial charge < -0.3 is 49.6 Å². The molecule has 11 heteroatoms. The highest BCUT2D eigenvalue weighted by atomic mass is 16.7. The van der Waals surface area contributed by atoms with Gasteiger partial charge in [-0.2, -0.15) is 0 Å². The van der Waals surface area contributed by atoms with E-state index in [2.05, 4.69) is 0 Å². The molecule has 4 rings (SSSR count). The van der Waals surface area contributed by atoms with Crippen LogP contribution in [0.1, 0.15) is 43.5 Å². The lowest BCUT2D eigenvalue weighted by molar-refractivity contribution is -0.285. The molecular weight excluding hydrogens is 534 g/mol. The summed E-state index contributed by atoms with van der Waals surface area (Å²) >= 11 is 0. The Kier molecular flexibility index (Phi) is 12.0. The first-order valence-electron chi connectivity index (χ1n) is 14.2. The van der Waals surface area contributed by atoms with E-state index in [1.165, 1.54) is 0 Å². The Balaban J connectivity index is 1.37. The van der Waals surface area contributed by atoms with Crippen LogP contribution in [0.25, 0.3) is 0 Å². The van der Waals surface area contributed by atoms with Gasteiger partial charge in [0.2, 0.25) is 0 Å². The van der Waals surface area contributed by atoms with E-state index >= 15 is 0 Å². The predicted octanol–water partition coefficient (Wildman–Crippen LogP) is 0.482. The predicted molar refractivity (Wildman–Crippen MR) is 147 cm³/mol. The van der Waals surface area contributed by atoms with Crippen LogP contribution >= 0.6 is 0 Å². The van der Waals surface area contributed by atoms with Crippen LogP contribution in [0.15, 0.2) is 60.7 Å². The molecule has 2 aromatic rings. The Morgan fingerprint density at radius 1 is 0.707 bits per heavy atom. The summed E-state index contributed by atoms with van der Waals surface area (Å²) in [7, 11) is 0. The van der Waals surface area contributed by atoms with Crippen molar-refractivity contribution in [3.05, 3.63) is 71.8 Å². The Morgan fingerprint density at radius 2 is 1.12 bits per heavy atom. The smallest absolute Gasteiger partial charge is 0.184 e. The molecule has 0 radical (unpaired) electrons. The molecular formula is C30H43NO10. The highest BCUT2D eigenvalue weighted by Crippen LogP contribution is 2.30. The van der Waals surface area contributed by atoms with Crippen molar-refractivity contribution in [3.63, 3.8) is 0 Å². The van der Waals surface area contributed by atoms with Crippen molar-refractivity contribution in [3.8, 4) is 0 Å². The number of aliphatic hydroxyl groups excluding tert-OH is 6. The summed E-state index contributed by atoms with van der Waals surface area (Å²) in [6.07, 6.45) is -10.1. The van der Waals surface area contributed by atoms with E-state index in [0.29, 0.717) is 6.54 Å². The molecule has 0 spiro atoms. The highest BCUT2D eigenvalue weighted by molar-refractivity contribution is 5.17. The van der Waals surface area contributed by atoms with Crippen molar-refractivity contribution in [2.75, 3.05) is 32.8 Å². The summed E-state index contributed by atoms with van der Waals surface area (Å²) in [5.41, 5.74) is 1.44. The molecule has 0 saturated carbocycles. The van der Waals surface area contributed by atoms with E-state index in [9.17, 15) is 30.6 Å². The van der Waals surface area contributed by atoms with Crippen LogP contribution in [0.4, 0.5) is 0 Å². The fraction of sp³-hybridized carbons (Fsp3) is 0.600. The highest BCUT2D eigenvalue weighted by Gasteiger charge is 2.42. The quantitative estimate of drug-likeness (QED) is 0.196. The third-order valence-electron chi connectivity index (χ3n) is 7.48. The molecule has 0 aromatic heterocycles. The lowest BCUT2D eigenvalue weighted by atomic mass is 9.99. The molecule has 2 aliphatic rings. The third-order valence-corrected chi connectivity index (χ3v) is 7.48. The van der Waals surface area contributed by atoms with Crippen molar-refractivity contribution in [1.82, 2.24) is 4.90 Å². The standard InChI is InChI=1S/C30H43NO10/c1-2-3-14-31(15-21(32)25(36)27-23(34)17-38-29(40-27)19-10-6-4-7-11-19)16-22(33)26(37)28-24(35)18-39-30(41-28)20-12-8-5-9-13-20/h4-13,21-30,32-37H,2-3,14-18H2,1H3/t21-,22-,23+,24+,25+,26+,27+,28+,29?,30?/m0/s1. The van der Waals surface area contributed by atoms with Crippen LogP contribution in [0.3, 0.4) is 0 Å². The zero-order valence-electron chi connectivity index (χ0n) is 23.3. The molecule has 2 aliphatic heterocycles. The second-order valence-corrected chi connectivity index (χ2v) is 10.7. The fourth-order valence-corrected chi connectivity index (χ4v) is 5.11. The molecule has 11 nitrogen and oxygen atoms in total. The molecule has 2 saturated heterocycles. The lowest BCUT2D eigenvalue weighted by Crippen LogP contribution is -2.56. The van der Waals surface area contributed by atoms with Gasteiger partial charge in [0.1, 0.15) is 36.6 Å². The van der Waals surface area contributed by atoms with Gasteiger partial charge in [0.15, 0.2) is 12.6 Å². The SMILES string of the molecule is CCCCN(C[C@H](O)[C@@H](O)[C@@H]1OC(c2ccccc2)OC[C@H]1O)C[C@H](O)[C@@H](O)[C@@H]1OC(c2ccccc2)OC[C@H]1O. The average molecular weight is 578 g/mol. The molecule has 41 heavy (non-hydrogen) atoms. The molecule has 2 fully saturated rings. The van der Waals surface area contributed by atoms with Gasteiger partial charge in [-0.3, -0.25) is 4.90 Å². The first kappa shape index (κ1) is 31.9. The van der Waals surface area contributed by atoms with Crippen molar-refractivity contribution >= 4 is 0 Å². The molecule has 0 aliphatic carbocycles. The zero-order chi connectivity index (χ0) is 29.4. The molecule has 228 valence electrons. The topological polar surface area (TPSA) is 162 Å². The minimum Gasteiger partial charge on any atom is -0.389 e. The number of hydrogen-bond donors (Lipinski definition) is 6. The monoisotopic (exact) mass is 577 g/mol. The summed E-state index contributed by atoms with van der Waals surface area (Å²) in [6.45, 7) is 2.21. The van der Waals surface area contributed by atoms with Crippen LogP contribution in [-0.2, 0) is 18.9 Å². The van der Waals surface area contributed by atoms with Crippen molar-refractivity contribution < 1.29 is 49.6 Å². The van der Waals surface area contributed by atoms with Gasteiger partial charge in [0.05, 0.1) is 25.4 Å². The number of rotatable bonds is 13. The van der Waals surface area contributed by atoms with Crippen LogP contribution in [0.5, 0.6) is 0 Å². The van der Waals surface area contributed by atoms with Crippen LogP contribution in [0, 0.1) is 0 Å². The van der Waals surface area contributed by atoms with E-state index in [0.717, 1.165) is 24.0 Å². The minimum atomic E-state index is -1.45. The molecule has 2 aromatic carbocycles. The Hall–Kier alpha value is -2.00. The summed E-state index contributed by atoms with van der Waals surface area (Å²) in [6, 6.07) is 18.2. The molecule has 10 atom stereocenters. The van der Waals surface area contributed by atoms with Crippen LogP contribution < -0.4 is 0 Å². The fourth-order valence-electron chi connectivity index (χ4n) is 5.11. The first-order valence-corrected chi connectivity index (χ1v) is 14.2. The number of aliphatic hydroxyl groups is 6. The molecule has 0 bridgehead atoms. The molecule has 2 unspecified atom stereocenters. The van der Waals surface area contributed by atoms with Crippen LogP contribution in [0.2, 0.25) is 0 Å². The summed E-state index contributed by atoms with van der Waals surface area (Å²) in [4.78, 5) is 1.73. The Bertz CT molecular complexity index is 939. The molecule has 2 heterocycles. The normalized spacial score (nSPS) is 30.0. The summed E-state index contributed by atoms with van der Waals surface area (Å²) < 4.78 is 22.8. The van der Waals surface area contributed by atoms with Gasteiger partial charge in [-0.1, -0.05) is 74.0 Å². The van der Waals surface area contributed by atoms with E-state index in [1.807, 2.05) is 67.6 Å². The lowest BCUT2D eigenvalue weighted by Gasteiger charge is -2.40. The Labute approximate surface area is 240 Å². The Morgan fingerprint density at radius 3 is 1.51 bits per heavy atom. The number of hydrogen-bond acceptors (Lipinski definition) is 11. The molecule has 0 amide bonds. The largest absolute Gasteiger partial charge is 0.389 e. The van der Waals surface area contributed by atoms with Gasteiger partial charge in [-0.25, -0.2) is 0 Å². The van der Waals surface area contributed by atoms with Gasteiger partial charge >= 0.3 is 0 Å².